The van der Waals surface area contributed by atoms with E-state index in [0.717, 1.165) is 18.8 Å². The maximum atomic E-state index is 10.7. The normalized spacial score (nSPS) is 39.8. The number of nitrogens with zero attached hydrogens (tertiary/aromatic N) is 1. The quantitative estimate of drug-likeness (QED) is 0.410. The number of aliphatic imine (C=N–C) groups is 1. The van der Waals surface area contributed by atoms with Crippen LogP contribution in [0, 0.1) is 23.7 Å². The molecule has 18 heavy (non-hydrogen) atoms. The predicted octanol–water partition coefficient (Wildman–Crippen LogP) is 4.12. The smallest absolute Gasteiger partial charge is 0.211 e. The van der Waals surface area contributed by atoms with Gasteiger partial charge in [-0.15, -0.1) is 0 Å². The van der Waals surface area contributed by atoms with Gasteiger partial charge in [0, 0.05) is 0 Å². The second kappa shape index (κ2) is 5.01. The number of hydrogen-bond acceptors (Lipinski definition) is 2. The molecule has 2 aliphatic rings. The molecule has 2 aliphatic carbocycles. The van der Waals surface area contributed by atoms with Gasteiger partial charge in [0.25, 0.3) is 0 Å². The molecule has 2 heteroatoms. The molecule has 0 unspecified atom stereocenters. The summed E-state index contributed by atoms with van der Waals surface area (Å²) in [6.45, 7) is 9.04. The molecule has 2 nitrogen and oxygen atoms in total. The van der Waals surface area contributed by atoms with Gasteiger partial charge >= 0.3 is 0 Å². The van der Waals surface area contributed by atoms with Crippen molar-refractivity contribution < 1.29 is 4.79 Å². The van der Waals surface area contributed by atoms with E-state index in [2.05, 4.69) is 38.8 Å². The number of carbonyl (C=O) groups excluding carboxylic acids is 1. The van der Waals surface area contributed by atoms with E-state index in [1.165, 1.54) is 18.4 Å². The van der Waals surface area contributed by atoms with Crippen molar-refractivity contribution in [3.63, 3.8) is 0 Å². The van der Waals surface area contributed by atoms with Crippen LogP contribution in [0.1, 0.15) is 53.4 Å². The van der Waals surface area contributed by atoms with E-state index in [-0.39, 0.29) is 5.54 Å². The van der Waals surface area contributed by atoms with Crippen LogP contribution in [0.25, 0.3) is 0 Å². The molecule has 4 atom stereocenters. The fourth-order valence-electron chi connectivity index (χ4n) is 4.11. The second-order valence-electron chi connectivity index (χ2n) is 6.74. The Kier molecular flexibility index (Phi) is 3.77. The first-order valence-corrected chi connectivity index (χ1v) is 7.24. The topological polar surface area (TPSA) is 29.4 Å². The molecule has 0 aromatic rings. The van der Waals surface area contributed by atoms with Gasteiger partial charge in [-0.05, 0) is 63.2 Å². The number of fused-ring (bicyclic) bond motifs is 1. The van der Waals surface area contributed by atoms with Gasteiger partial charge in [-0.3, -0.25) is 0 Å². The van der Waals surface area contributed by atoms with Crippen LogP contribution in [-0.4, -0.2) is 11.6 Å². The average molecular weight is 247 g/mol. The Balaban J connectivity index is 2.34. The van der Waals surface area contributed by atoms with E-state index in [9.17, 15) is 4.79 Å². The maximum absolute atomic E-state index is 10.7. The van der Waals surface area contributed by atoms with Gasteiger partial charge in [-0.1, -0.05) is 25.5 Å². The minimum Gasteiger partial charge on any atom is -0.211 e. The van der Waals surface area contributed by atoms with Crippen LogP contribution in [0.2, 0.25) is 0 Å². The third-order valence-electron chi connectivity index (χ3n) is 5.23. The third kappa shape index (κ3) is 2.31. The minimum absolute atomic E-state index is 0.172. The van der Waals surface area contributed by atoms with E-state index in [0.29, 0.717) is 17.8 Å². The lowest BCUT2D eigenvalue weighted by Crippen LogP contribution is -2.47. The Morgan fingerprint density at radius 1 is 1.44 bits per heavy atom. The summed E-state index contributed by atoms with van der Waals surface area (Å²) in [5.74, 6) is 2.60. The summed E-state index contributed by atoms with van der Waals surface area (Å²) in [6, 6.07) is 0. The Labute approximate surface area is 111 Å². The summed E-state index contributed by atoms with van der Waals surface area (Å²) in [6.07, 6.45) is 8.86. The summed E-state index contributed by atoms with van der Waals surface area (Å²) in [4.78, 5) is 14.9. The first-order chi connectivity index (χ1) is 8.48. The molecule has 1 fully saturated rings. The highest BCUT2D eigenvalue weighted by Crippen LogP contribution is 2.51. The molecule has 0 aromatic carbocycles. The fourth-order valence-corrected chi connectivity index (χ4v) is 4.11. The molecule has 0 bridgehead atoms. The Hall–Kier alpha value is -0.880. The maximum Gasteiger partial charge on any atom is 0.235 e. The van der Waals surface area contributed by atoms with Crippen LogP contribution in [0.5, 0.6) is 0 Å². The number of allylic oxidation sites excluding steroid dienone is 2. The zero-order valence-corrected chi connectivity index (χ0v) is 12.1. The molecule has 0 aliphatic heterocycles. The van der Waals surface area contributed by atoms with E-state index >= 15 is 0 Å². The van der Waals surface area contributed by atoms with Gasteiger partial charge in [0.05, 0.1) is 5.54 Å². The minimum atomic E-state index is -0.172. The van der Waals surface area contributed by atoms with Crippen molar-refractivity contribution in [2.24, 2.45) is 28.7 Å². The highest BCUT2D eigenvalue weighted by Gasteiger charge is 2.47. The van der Waals surface area contributed by atoms with Crippen molar-refractivity contribution in [2.75, 3.05) is 0 Å². The van der Waals surface area contributed by atoms with Crippen LogP contribution in [-0.2, 0) is 4.79 Å². The van der Waals surface area contributed by atoms with Crippen molar-refractivity contribution in [1.82, 2.24) is 0 Å². The average Bonchev–Trinajstić information content (AvgIpc) is 2.28. The van der Waals surface area contributed by atoms with E-state index in [1.54, 1.807) is 0 Å². The van der Waals surface area contributed by atoms with Crippen molar-refractivity contribution in [3.8, 4) is 0 Å². The zero-order chi connectivity index (χ0) is 13.3. The van der Waals surface area contributed by atoms with Crippen molar-refractivity contribution >= 4 is 6.08 Å². The Morgan fingerprint density at radius 3 is 2.78 bits per heavy atom. The first kappa shape index (κ1) is 13.5. The van der Waals surface area contributed by atoms with Crippen LogP contribution in [0.4, 0.5) is 0 Å². The van der Waals surface area contributed by atoms with E-state index < -0.39 is 0 Å². The molecule has 0 saturated heterocycles. The largest absolute Gasteiger partial charge is 0.235 e. The standard InChI is InChI=1S/C16H25NO/c1-11(2)13-7-8-16(4,17-10-18)15-6-5-12(3)9-14(13)15/h9,11,13-15H,5-8H2,1-4H3/t13-,14+,15+,16-/m0/s1. The van der Waals surface area contributed by atoms with Gasteiger partial charge in [0.2, 0.25) is 6.08 Å². The van der Waals surface area contributed by atoms with Gasteiger partial charge in [0.1, 0.15) is 0 Å². The summed E-state index contributed by atoms with van der Waals surface area (Å²) in [5, 5.41) is 0. The fraction of sp³-hybridized carbons (Fsp3) is 0.812. The molecule has 0 aromatic heterocycles. The molecular formula is C16H25NO. The Morgan fingerprint density at radius 2 is 2.17 bits per heavy atom. The molecule has 0 N–H and O–H groups in total. The SMILES string of the molecule is CC1=C[C@H]2[C@@H](CC1)[C@@](C)(N=C=O)CC[C@H]2C(C)C. The van der Waals surface area contributed by atoms with Crippen molar-refractivity contribution in [3.05, 3.63) is 11.6 Å². The molecule has 1 saturated carbocycles. The summed E-state index contributed by atoms with van der Waals surface area (Å²) >= 11 is 0. The molecule has 0 spiro atoms. The van der Waals surface area contributed by atoms with Gasteiger partial charge in [0.15, 0.2) is 0 Å². The molecule has 0 amide bonds. The predicted molar refractivity (Wildman–Crippen MR) is 74.1 cm³/mol. The van der Waals surface area contributed by atoms with Gasteiger partial charge in [-0.2, -0.15) is 4.99 Å². The Bertz CT molecular complexity index is 392. The van der Waals surface area contributed by atoms with Crippen LogP contribution >= 0.6 is 0 Å². The third-order valence-corrected chi connectivity index (χ3v) is 5.23. The molecule has 2 rings (SSSR count). The molecule has 0 radical (unpaired) electrons. The van der Waals surface area contributed by atoms with Crippen LogP contribution < -0.4 is 0 Å². The lowest BCUT2D eigenvalue weighted by atomic mass is 9.57. The van der Waals surface area contributed by atoms with Crippen LogP contribution in [0.3, 0.4) is 0 Å². The summed E-state index contributed by atoms with van der Waals surface area (Å²) < 4.78 is 0. The molecule has 0 heterocycles. The lowest BCUT2D eigenvalue weighted by Gasteiger charge is -2.49. The monoisotopic (exact) mass is 247 g/mol. The number of isocyanates is 1. The second-order valence-corrected chi connectivity index (χ2v) is 6.74. The summed E-state index contributed by atoms with van der Waals surface area (Å²) in [7, 11) is 0. The van der Waals surface area contributed by atoms with Crippen molar-refractivity contribution in [1.29, 1.82) is 0 Å². The van der Waals surface area contributed by atoms with E-state index in [1.807, 2.05) is 6.08 Å². The zero-order valence-electron chi connectivity index (χ0n) is 12.1. The van der Waals surface area contributed by atoms with Gasteiger partial charge < -0.3 is 0 Å². The van der Waals surface area contributed by atoms with Gasteiger partial charge in [-0.25, -0.2) is 4.79 Å². The lowest BCUT2D eigenvalue weighted by molar-refractivity contribution is 0.0679. The van der Waals surface area contributed by atoms with E-state index in [4.69, 9.17) is 0 Å². The molecule has 100 valence electrons. The number of rotatable bonds is 2. The van der Waals surface area contributed by atoms with Crippen LogP contribution in [0.15, 0.2) is 16.6 Å². The highest BCUT2D eigenvalue weighted by atomic mass is 16.1. The molecular weight excluding hydrogens is 222 g/mol. The highest BCUT2D eigenvalue weighted by molar-refractivity contribution is 5.35. The first-order valence-electron chi connectivity index (χ1n) is 7.24. The summed E-state index contributed by atoms with van der Waals surface area (Å²) in [5.41, 5.74) is 1.34. The number of hydrogen-bond donors (Lipinski definition) is 0. The van der Waals surface area contributed by atoms with Crippen molar-refractivity contribution in [2.45, 2.75) is 58.9 Å².